The van der Waals surface area contributed by atoms with E-state index in [-0.39, 0.29) is 40.6 Å². The van der Waals surface area contributed by atoms with Crippen molar-refractivity contribution in [3.8, 4) is 0 Å². The van der Waals surface area contributed by atoms with Crippen molar-refractivity contribution in [1.82, 2.24) is 5.06 Å². The monoisotopic (exact) mass is 1380 g/mol. The zero-order chi connectivity index (χ0) is 76.1. The number of hydroxylamine groups is 2. The third-order valence-corrected chi connectivity index (χ3v) is 20.4. The Hall–Kier alpha value is -10.1. The van der Waals surface area contributed by atoms with Crippen LogP contribution in [0.3, 0.4) is 0 Å². The van der Waals surface area contributed by atoms with Gasteiger partial charge in [0.15, 0.2) is 11.4 Å². The lowest BCUT2D eigenvalue weighted by Gasteiger charge is -2.31. The van der Waals surface area contributed by atoms with Crippen LogP contribution in [-0.2, 0) is 47.7 Å². The second-order valence-electron chi connectivity index (χ2n) is 29.9. The first kappa shape index (κ1) is 79.2. The smallest absolute Gasteiger partial charge is 0.330 e. The van der Waals surface area contributed by atoms with E-state index in [0.29, 0.717) is 22.6 Å². The summed E-state index contributed by atoms with van der Waals surface area (Å²) in [5, 5.41) is 24.2. The van der Waals surface area contributed by atoms with E-state index in [4.69, 9.17) is 0 Å². The van der Waals surface area contributed by atoms with Gasteiger partial charge in [-0.1, -0.05) is 95.3 Å². The van der Waals surface area contributed by atoms with E-state index in [0.717, 1.165) is 76.0 Å². The zero-order valence-corrected chi connectivity index (χ0v) is 65.0. The number of rotatable bonds is 10. The molecule has 1 saturated heterocycles. The van der Waals surface area contributed by atoms with Gasteiger partial charge in [-0.25, -0.2) is 13.9 Å². The molecule has 1 fully saturated rings. The average molecular weight is 1380 g/mol. The minimum absolute atomic E-state index is 0.0801. The van der Waals surface area contributed by atoms with Crippen molar-refractivity contribution in [1.29, 1.82) is 0 Å². The molecule has 14 nitrogen and oxygen atoms in total. The van der Waals surface area contributed by atoms with Crippen molar-refractivity contribution in [3.05, 3.63) is 255 Å². The molecule has 0 saturated carbocycles. The minimum Gasteiger partial charge on any atom is -0.545 e. The molecule has 0 N–H and O–H groups in total. The van der Waals surface area contributed by atoms with Gasteiger partial charge in [0, 0.05) is 101 Å². The lowest BCUT2D eigenvalue weighted by atomic mass is 9.73. The SMILES string of the molecule is CC(=O)CC(C)(C)c1c(C)c(C)c(C)c(C)c1C.CC(=O)ON1C(=O)CCC1=O.CN(C)c1ccc2c(c1)CC1=CC(=[N+](C)C)C=CC1=C2c1ccccc1C(=O)[O-].CN(C)c1ccc2c(c1)CC1=CC(=[N+](C)C)C=CC1=C2c1ccccc1C(=O)[O-].Cc1c(C)c(C)c(C(C)(C)C)c(C)c1C. The lowest BCUT2D eigenvalue weighted by molar-refractivity contribution is -0.462. The summed E-state index contributed by atoms with van der Waals surface area (Å²) in [7, 11) is 16.2. The van der Waals surface area contributed by atoms with E-state index >= 15 is 0 Å². The Morgan fingerprint density at radius 1 is 0.480 bits per heavy atom. The normalized spacial score (nSPS) is 14.2. The van der Waals surface area contributed by atoms with Crippen LogP contribution in [0.5, 0.6) is 0 Å². The molecule has 0 atom stereocenters. The molecule has 0 bridgehead atoms. The number of ketones is 1. The molecule has 1 heterocycles. The number of fused-ring (bicyclic) bond motifs is 4. The van der Waals surface area contributed by atoms with Crippen LogP contribution in [0.15, 0.2) is 144 Å². The van der Waals surface area contributed by atoms with Crippen molar-refractivity contribution in [3.63, 3.8) is 0 Å². The van der Waals surface area contributed by atoms with Crippen LogP contribution in [0.1, 0.15) is 189 Å². The molecule has 14 heteroatoms. The van der Waals surface area contributed by atoms with E-state index < -0.39 is 29.7 Å². The van der Waals surface area contributed by atoms with Gasteiger partial charge >= 0.3 is 5.97 Å². The highest BCUT2D eigenvalue weighted by molar-refractivity contribution is 6.09. The van der Waals surface area contributed by atoms with E-state index in [1.165, 1.54) is 89.0 Å². The number of aromatic carboxylic acids is 2. The summed E-state index contributed by atoms with van der Waals surface area (Å²) in [4.78, 5) is 75.5. The molecule has 4 aliphatic carbocycles. The van der Waals surface area contributed by atoms with Crippen LogP contribution >= 0.6 is 0 Å². The van der Waals surface area contributed by atoms with Crippen LogP contribution < -0.4 is 20.0 Å². The number of carbonyl (C=O) groups excluding carboxylic acids is 6. The number of benzene rings is 6. The van der Waals surface area contributed by atoms with E-state index in [1.807, 2.05) is 80.6 Å². The van der Waals surface area contributed by atoms with Crippen molar-refractivity contribution in [2.45, 2.75) is 161 Å². The third-order valence-electron chi connectivity index (χ3n) is 20.4. The molecule has 0 radical (unpaired) electrons. The Labute approximate surface area is 606 Å². The average Bonchev–Trinajstić information content (AvgIpc) is 0.921. The molecule has 6 aromatic carbocycles. The number of amides is 2. The maximum absolute atomic E-state index is 11.8. The molecule has 0 aromatic heterocycles. The quantitative estimate of drug-likeness (QED) is 0.0943. The molecule has 5 aliphatic rings. The van der Waals surface area contributed by atoms with Crippen LogP contribution in [0.25, 0.3) is 11.1 Å². The first-order valence-electron chi connectivity index (χ1n) is 34.9. The Bertz CT molecular complexity index is 4410. The predicted molar refractivity (Wildman–Crippen MR) is 411 cm³/mol. The maximum atomic E-state index is 11.8. The highest BCUT2D eigenvalue weighted by atomic mass is 16.7. The molecule has 0 unspecified atom stereocenters. The fourth-order valence-electron chi connectivity index (χ4n) is 14.7. The summed E-state index contributed by atoms with van der Waals surface area (Å²) in [5.41, 5.74) is 34.6. The molecule has 536 valence electrons. The molecular weight excluding hydrogens is 1270 g/mol. The second kappa shape index (κ2) is 32.3. The highest BCUT2D eigenvalue weighted by Crippen LogP contribution is 2.45. The molecule has 6 aromatic rings. The number of imide groups is 1. The highest BCUT2D eigenvalue weighted by Gasteiger charge is 2.34. The largest absolute Gasteiger partial charge is 0.545 e. The van der Waals surface area contributed by atoms with Gasteiger partial charge in [-0.3, -0.25) is 14.4 Å². The summed E-state index contributed by atoms with van der Waals surface area (Å²) in [6, 6.07) is 27.0. The number of hydrogen-bond donors (Lipinski definition) is 0. The summed E-state index contributed by atoms with van der Waals surface area (Å²) in [6.45, 7) is 36.2. The van der Waals surface area contributed by atoms with E-state index in [1.54, 1.807) is 31.2 Å². The summed E-state index contributed by atoms with van der Waals surface area (Å²) >= 11 is 0. The predicted octanol–water partition coefficient (Wildman–Crippen LogP) is 14.0. The summed E-state index contributed by atoms with van der Waals surface area (Å²) in [6.07, 6.45) is 15.3. The van der Waals surface area contributed by atoms with Gasteiger partial charge in [-0.2, -0.15) is 0 Å². The number of allylic oxidation sites excluding steroid dienone is 10. The van der Waals surface area contributed by atoms with E-state index in [2.05, 4.69) is 200 Å². The van der Waals surface area contributed by atoms with Crippen molar-refractivity contribution >= 4 is 69.4 Å². The topological polar surface area (TPSA) is 174 Å². The Morgan fingerprint density at radius 3 is 1.14 bits per heavy atom. The maximum Gasteiger partial charge on any atom is 0.330 e. The van der Waals surface area contributed by atoms with Gasteiger partial charge in [0.05, 0.1) is 11.9 Å². The molecule has 2 amide bonds. The van der Waals surface area contributed by atoms with Gasteiger partial charge in [-0.15, -0.1) is 5.06 Å². The fraction of sp³-hybridized carbons (Fsp3) is 0.364. The first-order valence-corrected chi connectivity index (χ1v) is 34.9. The fourth-order valence-corrected chi connectivity index (χ4v) is 14.7. The molecule has 1 aliphatic heterocycles. The summed E-state index contributed by atoms with van der Waals surface area (Å²) in [5.74, 6) is -3.62. The van der Waals surface area contributed by atoms with Gasteiger partial charge in [0.1, 0.15) is 34.0 Å². The standard InChI is InChI=1S/2C25H24N2O2.C17H26O.C15H24.C6H7NO4/c2*1-26(2)18-9-11-20-16(14-18)13-17-15-19(27(3)4)10-12-21(17)24(20)22-7-5-6-8-23(22)25(28)29;1-10(18)9-17(7,8)16-14(5)12(3)11(2)13(4)15(16)6;1-9-10(2)12(4)14(15(6,7)8)13(5)11(9)3;1-4(8)11-7-5(9)2-3-6(7)10/h2*5-12,14-15H,13H2,1-4H3;9H2,1-8H3;1-8H3;2-3H2,1H3. The third kappa shape index (κ3) is 17.4. The number of Topliss-reactive ketones (excluding diaryl/α,β-unsaturated/α-hetero) is 1. The zero-order valence-electron chi connectivity index (χ0n) is 65.0. The summed E-state index contributed by atoms with van der Waals surface area (Å²) < 4.78 is 4.17. The number of anilines is 2. The number of carboxylic acids is 2. The lowest BCUT2D eigenvalue weighted by Crippen LogP contribution is -2.30. The van der Waals surface area contributed by atoms with Gasteiger partial charge in [0.25, 0.3) is 11.8 Å². The molecular formula is C88H105N5O9. The van der Waals surface area contributed by atoms with Gasteiger partial charge in [0.2, 0.25) is 0 Å². The van der Waals surface area contributed by atoms with Gasteiger partial charge < -0.3 is 34.4 Å². The number of carbonyl (C=O) groups is 6. The number of nitrogens with zero attached hydrogens (tertiary/aromatic N) is 5. The van der Waals surface area contributed by atoms with Crippen LogP contribution in [0.2, 0.25) is 0 Å². The minimum atomic E-state index is -1.16. The number of carboxylic acid groups (broad SMARTS) is 2. The Kier molecular flexibility index (Phi) is 25.1. The molecule has 102 heavy (non-hydrogen) atoms. The van der Waals surface area contributed by atoms with Crippen LogP contribution in [0, 0.1) is 69.2 Å². The van der Waals surface area contributed by atoms with Crippen molar-refractivity contribution in [2.24, 2.45) is 0 Å². The Balaban J connectivity index is 0.000000187. The van der Waals surface area contributed by atoms with Crippen LogP contribution in [0.4, 0.5) is 11.4 Å². The number of hydrogen-bond acceptors (Lipinski definition) is 11. The van der Waals surface area contributed by atoms with E-state index in [9.17, 15) is 39.0 Å². The molecule has 0 spiro atoms. The van der Waals surface area contributed by atoms with Gasteiger partial charge in [-0.05, 0) is 270 Å². The van der Waals surface area contributed by atoms with Crippen molar-refractivity contribution < 1.29 is 53.0 Å². The second-order valence-corrected chi connectivity index (χ2v) is 29.9. The van der Waals surface area contributed by atoms with Crippen LogP contribution in [-0.4, -0.2) is 118 Å². The Morgan fingerprint density at radius 2 is 0.824 bits per heavy atom. The van der Waals surface area contributed by atoms with Crippen molar-refractivity contribution in [2.75, 3.05) is 66.2 Å². The first-order chi connectivity index (χ1) is 47.6. The molecule has 11 rings (SSSR count).